The summed E-state index contributed by atoms with van der Waals surface area (Å²) in [5, 5.41) is 8.70. The monoisotopic (exact) mass is 418 g/mol. The number of fused-ring (bicyclic) bond motifs is 2. The van der Waals surface area contributed by atoms with Crippen molar-refractivity contribution in [2.45, 2.75) is 57.5 Å². The van der Waals surface area contributed by atoms with Crippen LogP contribution in [0, 0.1) is 0 Å². The molecule has 4 heterocycles. The molecule has 0 radical (unpaired) electrons. The van der Waals surface area contributed by atoms with Gasteiger partial charge in [0.15, 0.2) is 0 Å². The second kappa shape index (κ2) is 7.19. The molecule has 158 valence electrons. The van der Waals surface area contributed by atoms with Gasteiger partial charge in [0, 0.05) is 13.0 Å². The quantitative estimate of drug-likeness (QED) is 0.652. The zero-order chi connectivity index (χ0) is 20.9. The smallest absolute Gasteiger partial charge is 0.314 e. The van der Waals surface area contributed by atoms with Crippen LogP contribution in [0.1, 0.15) is 42.8 Å². The number of hydrogen-bond acceptors (Lipinski definition) is 5. The Balaban J connectivity index is 1.56. The molecule has 0 amide bonds. The molecule has 7 nitrogen and oxygen atoms in total. The van der Waals surface area contributed by atoms with Crippen molar-refractivity contribution in [2.24, 2.45) is 0 Å². The lowest BCUT2D eigenvalue weighted by atomic mass is 10.1. The molecule has 0 spiro atoms. The van der Waals surface area contributed by atoms with Crippen molar-refractivity contribution in [1.29, 1.82) is 0 Å². The van der Waals surface area contributed by atoms with Crippen molar-refractivity contribution in [1.82, 2.24) is 29.2 Å². The highest BCUT2D eigenvalue weighted by molar-refractivity contribution is 5.77. The number of para-hydroxylation sites is 1. The van der Waals surface area contributed by atoms with Crippen molar-refractivity contribution >= 4 is 10.9 Å². The molecule has 3 aromatic rings. The number of halogens is 3. The number of hydrogen-bond donors (Lipinski definition) is 0. The number of likely N-dealkylation sites (tertiary alicyclic amines) is 1. The van der Waals surface area contributed by atoms with Gasteiger partial charge in [0.2, 0.25) is 0 Å². The van der Waals surface area contributed by atoms with E-state index >= 15 is 0 Å². The third-order valence-corrected chi connectivity index (χ3v) is 5.92. The zero-order valence-electron chi connectivity index (χ0n) is 16.3. The molecule has 0 aliphatic carbocycles. The summed E-state index contributed by atoms with van der Waals surface area (Å²) >= 11 is 0. The average Bonchev–Trinajstić information content (AvgIpc) is 3.42. The van der Waals surface area contributed by atoms with E-state index in [9.17, 15) is 18.0 Å². The van der Waals surface area contributed by atoms with Crippen molar-refractivity contribution in [3.8, 4) is 0 Å². The van der Waals surface area contributed by atoms with Gasteiger partial charge in [-0.3, -0.25) is 14.3 Å². The maximum absolute atomic E-state index is 13.3. The normalized spacial score (nSPS) is 19.6. The van der Waals surface area contributed by atoms with Gasteiger partial charge in [-0.2, -0.15) is 13.2 Å². The third-order valence-electron chi connectivity index (χ3n) is 5.92. The van der Waals surface area contributed by atoms with Crippen LogP contribution >= 0.6 is 0 Å². The Morgan fingerprint density at radius 3 is 2.77 bits per heavy atom. The zero-order valence-corrected chi connectivity index (χ0v) is 16.3. The van der Waals surface area contributed by atoms with E-state index in [1.807, 2.05) is 0 Å². The minimum atomic E-state index is -4.51. The van der Waals surface area contributed by atoms with Crippen molar-refractivity contribution in [3.63, 3.8) is 0 Å². The van der Waals surface area contributed by atoms with Gasteiger partial charge in [0.05, 0.1) is 23.5 Å². The van der Waals surface area contributed by atoms with Crippen LogP contribution in [0.4, 0.5) is 13.2 Å². The van der Waals surface area contributed by atoms with Gasteiger partial charge in [-0.05, 0) is 37.9 Å². The summed E-state index contributed by atoms with van der Waals surface area (Å²) < 4.78 is 42.8. The predicted molar refractivity (Wildman–Crippen MR) is 103 cm³/mol. The third kappa shape index (κ3) is 3.38. The molecule has 1 unspecified atom stereocenters. The fraction of sp³-hybridized carbons (Fsp3) is 0.500. The first-order valence-electron chi connectivity index (χ1n) is 10.1. The maximum Gasteiger partial charge on any atom is 0.406 e. The average molecular weight is 418 g/mol. The SMILES string of the molecule is O=c1c2ccccc2nc(C2CCCN2Cc2nnc3n2CCC3)n1CC(F)(F)F. The summed E-state index contributed by atoms with van der Waals surface area (Å²) in [6.45, 7) is 0.709. The van der Waals surface area contributed by atoms with Gasteiger partial charge in [-0.15, -0.1) is 10.2 Å². The molecule has 2 aliphatic rings. The first-order valence-corrected chi connectivity index (χ1v) is 10.1. The minimum absolute atomic E-state index is 0.176. The van der Waals surface area contributed by atoms with E-state index in [4.69, 9.17) is 0 Å². The number of alkyl halides is 3. The van der Waals surface area contributed by atoms with Gasteiger partial charge in [-0.1, -0.05) is 12.1 Å². The molecule has 5 rings (SSSR count). The largest absolute Gasteiger partial charge is 0.406 e. The summed E-state index contributed by atoms with van der Waals surface area (Å²) in [5.74, 6) is 1.95. The summed E-state index contributed by atoms with van der Waals surface area (Å²) in [6.07, 6.45) is -1.13. The Kier molecular flexibility index (Phi) is 4.61. The molecule has 0 saturated carbocycles. The van der Waals surface area contributed by atoms with Crippen LogP contribution in [0.25, 0.3) is 10.9 Å². The van der Waals surface area contributed by atoms with E-state index in [0.29, 0.717) is 25.0 Å². The van der Waals surface area contributed by atoms with Gasteiger partial charge in [0.1, 0.15) is 24.0 Å². The van der Waals surface area contributed by atoms with Crippen molar-refractivity contribution in [3.05, 3.63) is 52.1 Å². The van der Waals surface area contributed by atoms with Crippen LogP contribution in [0.15, 0.2) is 29.1 Å². The lowest BCUT2D eigenvalue weighted by Crippen LogP contribution is -2.36. The Labute approximate surface area is 170 Å². The summed E-state index contributed by atoms with van der Waals surface area (Å²) in [7, 11) is 0. The van der Waals surface area contributed by atoms with E-state index < -0.39 is 18.3 Å². The fourth-order valence-electron chi connectivity index (χ4n) is 4.59. The Bertz CT molecular complexity index is 1150. The number of aryl methyl sites for hydroxylation is 1. The predicted octanol–water partition coefficient (Wildman–Crippen LogP) is 2.83. The van der Waals surface area contributed by atoms with Gasteiger partial charge in [-0.25, -0.2) is 4.98 Å². The molecule has 1 saturated heterocycles. The van der Waals surface area contributed by atoms with E-state index in [-0.39, 0.29) is 17.3 Å². The van der Waals surface area contributed by atoms with Crippen molar-refractivity contribution in [2.75, 3.05) is 6.54 Å². The molecule has 10 heteroatoms. The van der Waals surface area contributed by atoms with E-state index in [1.165, 1.54) is 6.07 Å². The van der Waals surface area contributed by atoms with Crippen LogP contribution < -0.4 is 5.56 Å². The molecule has 30 heavy (non-hydrogen) atoms. The highest BCUT2D eigenvalue weighted by Crippen LogP contribution is 2.33. The summed E-state index contributed by atoms with van der Waals surface area (Å²) in [4.78, 5) is 19.5. The highest BCUT2D eigenvalue weighted by atomic mass is 19.4. The highest BCUT2D eigenvalue weighted by Gasteiger charge is 2.36. The Morgan fingerprint density at radius 2 is 1.93 bits per heavy atom. The molecular formula is C20H21F3N6O. The molecule has 2 aliphatic heterocycles. The fourth-order valence-corrected chi connectivity index (χ4v) is 4.59. The second-order valence-corrected chi connectivity index (χ2v) is 7.91. The van der Waals surface area contributed by atoms with Gasteiger partial charge >= 0.3 is 6.18 Å². The first kappa shape index (κ1) is 19.2. The number of nitrogens with zero attached hydrogens (tertiary/aromatic N) is 6. The van der Waals surface area contributed by atoms with Crippen LogP contribution in [0.5, 0.6) is 0 Å². The minimum Gasteiger partial charge on any atom is -0.314 e. The van der Waals surface area contributed by atoms with Crippen molar-refractivity contribution < 1.29 is 13.2 Å². The number of benzene rings is 1. The Morgan fingerprint density at radius 1 is 1.10 bits per heavy atom. The summed E-state index contributed by atoms with van der Waals surface area (Å²) in [5.41, 5.74) is -0.228. The Hall–Kier alpha value is -2.75. The first-order chi connectivity index (χ1) is 14.4. The lowest BCUT2D eigenvalue weighted by Gasteiger charge is -2.26. The standard InChI is InChI=1S/C20H21F3N6O/c21-20(22,23)12-29-18(24-14-6-2-1-5-13(14)19(29)30)15-7-3-9-27(15)11-17-26-25-16-8-4-10-28(16)17/h1-2,5-6,15H,3-4,7-12H2. The number of rotatable bonds is 4. The molecule has 2 aromatic heterocycles. The van der Waals surface area contributed by atoms with E-state index in [0.717, 1.165) is 42.0 Å². The van der Waals surface area contributed by atoms with E-state index in [1.54, 1.807) is 18.2 Å². The molecule has 0 N–H and O–H groups in total. The van der Waals surface area contributed by atoms with Crippen LogP contribution in [0.3, 0.4) is 0 Å². The molecular weight excluding hydrogens is 397 g/mol. The van der Waals surface area contributed by atoms with Crippen LogP contribution in [-0.2, 0) is 26.1 Å². The second-order valence-electron chi connectivity index (χ2n) is 7.91. The van der Waals surface area contributed by atoms with E-state index in [2.05, 4.69) is 24.6 Å². The molecule has 1 atom stereocenters. The molecule has 0 bridgehead atoms. The topological polar surface area (TPSA) is 68.8 Å². The van der Waals surface area contributed by atoms with Gasteiger partial charge in [0.25, 0.3) is 5.56 Å². The number of aromatic nitrogens is 5. The van der Waals surface area contributed by atoms with Crippen LogP contribution in [-0.4, -0.2) is 41.9 Å². The van der Waals surface area contributed by atoms with Crippen LogP contribution in [0.2, 0.25) is 0 Å². The summed E-state index contributed by atoms with van der Waals surface area (Å²) in [6, 6.07) is 6.19. The lowest BCUT2D eigenvalue weighted by molar-refractivity contribution is -0.142. The maximum atomic E-state index is 13.3. The van der Waals surface area contributed by atoms with Gasteiger partial charge < -0.3 is 4.57 Å². The molecule has 1 fully saturated rings. The molecule has 1 aromatic carbocycles.